The molecule has 0 aliphatic heterocycles. The molecule has 1 aromatic heterocycles. The maximum atomic E-state index is 4.22. The van der Waals surface area contributed by atoms with Crippen molar-refractivity contribution in [3.63, 3.8) is 0 Å². The van der Waals surface area contributed by atoms with Crippen molar-refractivity contribution in [3.8, 4) is 0 Å². The van der Waals surface area contributed by atoms with E-state index in [1.807, 2.05) is 4.68 Å². The molecule has 98 valence electrons. The Hall–Kier alpha value is -0.860. The zero-order chi connectivity index (χ0) is 12.7. The summed E-state index contributed by atoms with van der Waals surface area (Å²) in [4.78, 5) is 0. The molecular weight excluding hydrogens is 210 g/mol. The minimum Gasteiger partial charge on any atom is -0.252 e. The summed E-state index contributed by atoms with van der Waals surface area (Å²) in [6.07, 6.45) is 8.22. The van der Waals surface area contributed by atoms with E-state index in [0.717, 1.165) is 30.5 Å². The summed E-state index contributed by atoms with van der Waals surface area (Å²) >= 11 is 0. The Bertz CT molecular complexity index is 302. The van der Waals surface area contributed by atoms with Crippen molar-refractivity contribution in [3.05, 3.63) is 11.9 Å². The first-order valence-corrected chi connectivity index (χ1v) is 6.97. The molecule has 0 spiro atoms. The van der Waals surface area contributed by atoms with Crippen molar-refractivity contribution in [2.45, 2.75) is 66.3 Å². The fourth-order valence-corrected chi connectivity index (χ4v) is 1.81. The molecule has 0 bridgehead atoms. The Balaban J connectivity index is 2.21. The van der Waals surface area contributed by atoms with Crippen LogP contribution < -0.4 is 0 Å². The maximum absolute atomic E-state index is 4.22. The van der Waals surface area contributed by atoms with Gasteiger partial charge in [0.25, 0.3) is 0 Å². The second kappa shape index (κ2) is 7.46. The number of aromatic nitrogens is 3. The van der Waals surface area contributed by atoms with Gasteiger partial charge in [0.05, 0.1) is 5.69 Å². The van der Waals surface area contributed by atoms with Crippen LogP contribution in [0.5, 0.6) is 0 Å². The van der Waals surface area contributed by atoms with Crippen LogP contribution in [0.1, 0.15) is 59.1 Å². The van der Waals surface area contributed by atoms with E-state index in [1.54, 1.807) is 0 Å². The molecule has 0 radical (unpaired) electrons. The molecule has 0 fully saturated rings. The fraction of sp³-hybridized carbons (Fsp3) is 0.857. The minimum absolute atomic E-state index is 0.730. The zero-order valence-electron chi connectivity index (χ0n) is 11.8. The summed E-state index contributed by atoms with van der Waals surface area (Å²) in [5, 5.41) is 8.39. The van der Waals surface area contributed by atoms with Crippen LogP contribution in [0.4, 0.5) is 0 Å². The van der Waals surface area contributed by atoms with Gasteiger partial charge in [0, 0.05) is 12.7 Å². The zero-order valence-corrected chi connectivity index (χ0v) is 11.8. The first-order chi connectivity index (χ1) is 8.08. The van der Waals surface area contributed by atoms with Crippen molar-refractivity contribution in [1.29, 1.82) is 0 Å². The van der Waals surface area contributed by atoms with Crippen LogP contribution >= 0.6 is 0 Å². The second-order valence-electron chi connectivity index (χ2n) is 5.80. The summed E-state index contributed by atoms with van der Waals surface area (Å²) in [5.74, 6) is 1.55. The maximum Gasteiger partial charge on any atom is 0.0827 e. The van der Waals surface area contributed by atoms with Crippen LogP contribution in [0, 0.1) is 11.8 Å². The predicted molar refractivity (Wildman–Crippen MR) is 71.9 cm³/mol. The Morgan fingerprint density at radius 1 is 1.06 bits per heavy atom. The lowest BCUT2D eigenvalue weighted by molar-refractivity contribution is 0.478. The van der Waals surface area contributed by atoms with Crippen molar-refractivity contribution in [1.82, 2.24) is 15.0 Å². The smallest absolute Gasteiger partial charge is 0.0827 e. The number of nitrogens with zero attached hydrogens (tertiary/aromatic N) is 3. The molecule has 0 atom stereocenters. The third-order valence-corrected chi connectivity index (χ3v) is 2.99. The van der Waals surface area contributed by atoms with Gasteiger partial charge in [-0.2, -0.15) is 0 Å². The molecule has 1 heterocycles. The van der Waals surface area contributed by atoms with Crippen LogP contribution in [0.25, 0.3) is 0 Å². The molecule has 0 aromatic carbocycles. The lowest BCUT2D eigenvalue weighted by Gasteiger charge is -2.03. The number of hydrogen-bond acceptors (Lipinski definition) is 2. The molecule has 0 aliphatic rings. The van der Waals surface area contributed by atoms with Gasteiger partial charge in [-0.3, -0.25) is 4.68 Å². The van der Waals surface area contributed by atoms with E-state index in [2.05, 4.69) is 44.2 Å². The molecule has 1 aromatic rings. The lowest BCUT2D eigenvalue weighted by atomic mass is 10.0. The Kier molecular flexibility index (Phi) is 6.23. The number of aryl methyl sites for hydroxylation is 2. The average Bonchev–Trinajstić information content (AvgIpc) is 2.69. The summed E-state index contributed by atoms with van der Waals surface area (Å²) in [6.45, 7) is 10.0. The Morgan fingerprint density at radius 3 is 2.41 bits per heavy atom. The lowest BCUT2D eigenvalue weighted by Crippen LogP contribution is -2.01. The average molecular weight is 237 g/mol. The molecule has 0 saturated carbocycles. The molecule has 17 heavy (non-hydrogen) atoms. The number of unbranched alkanes of at least 4 members (excludes halogenated alkanes) is 1. The first-order valence-electron chi connectivity index (χ1n) is 6.97. The third kappa shape index (κ3) is 6.44. The van der Waals surface area contributed by atoms with E-state index in [4.69, 9.17) is 0 Å². The first kappa shape index (κ1) is 14.2. The van der Waals surface area contributed by atoms with Crippen molar-refractivity contribution in [2.24, 2.45) is 11.8 Å². The van der Waals surface area contributed by atoms with E-state index in [9.17, 15) is 0 Å². The molecule has 0 aliphatic carbocycles. The summed E-state index contributed by atoms with van der Waals surface area (Å²) in [6, 6.07) is 0. The predicted octanol–water partition coefficient (Wildman–Crippen LogP) is 3.69. The number of rotatable bonds is 8. The molecule has 0 amide bonds. The van der Waals surface area contributed by atoms with Crippen LogP contribution in [0.15, 0.2) is 6.20 Å². The molecule has 0 saturated heterocycles. The van der Waals surface area contributed by atoms with Crippen LogP contribution in [0.3, 0.4) is 0 Å². The highest BCUT2D eigenvalue weighted by Crippen LogP contribution is 2.09. The minimum atomic E-state index is 0.730. The number of hydrogen-bond donors (Lipinski definition) is 0. The molecule has 3 heteroatoms. The standard InChI is InChI=1S/C14H27N3/c1-12(2)7-5-6-8-14-11-17(16-15-14)10-9-13(3)4/h11-13H,5-10H2,1-4H3. The topological polar surface area (TPSA) is 30.7 Å². The molecule has 0 N–H and O–H groups in total. The normalized spacial score (nSPS) is 11.6. The monoisotopic (exact) mass is 237 g/mol. The van der Waals surface area contributed by atoms with Gasteiger partial charge < -0.3 is 0 Å². The second-order valence-corrected chi connectivity index (χ2v) is 5.80. The van der Waals surface area contributed by atoms with Crippen LogP contribution in [-0.4, -0.2) is 15.0 Å². The van der Waals surface area contributed by atoms with Crippen molar-refractivity contribution in [2.75, 3.05) is 0 Å². The van der Waals surface area contributed by atoms with Gasteiger partial charge in [0.2, 0.25) is 0 Å². The van der Waals surface area contributed by atoms with Gasteiger partial charge in [-0.15, -0.1) is 5.10 Å². The van der Waals surface area contributed by atoms with Crippen molar-refractivity contribution >= 4 is 0 Å². The van der Waals surface area contributed by atoms with E-state index < -0.39 is 0 Å². The molecule has 3 nitrogen and oxygen atoms in total. The Morgan fingerprint density at radius 2 is 1.76 bits per heavy atom. The van der Waals surface area contributed by atoms with Gasteiger partial charge in [-0.05, 0) is 31.1 Å². The van der Waals surface area contributed by atoms with Crippen LogP contribution in [-0.2, 0) is 13.0 Å². The van der Waals surface area contributed by atoms with Gasteiger partial charge in [-0.1, -0.05) is 45.7 Å². The SMILES string of the molecule is CC(C)CCCCc1cn(CCC(C)C)nn1. The summed E-state index contributed by atoms with van der Waals surface area (Å²) < 4.78 is 1.98. The van der Waals surface area contributed by atoms with E-state index in [-0.39, 0.29) is 0 Å². The summed E-state index contributed by atoms with van der Waals surface area (Å²) in [7, 11) is 0. The largest absolute Gasteiger partial charge is 0.252 e. The molecular formula is C14H27N3. The van der Waals surface area contributed by atoms with Crippen molar-refractivity contribution < 1.29 is 0 Å². The van der Waals surface area contributed by atoms with Gasteiger partial charge in [0.1, 0.15) is 0 Å². The van der Waals surface area contributed by atoms with E-state index >= 15 is 0 Å². The highest BCUT2D eigenvalue weighted by Gasteiger charge is 2.02. The highest BCUT2D eigenvalue weighted by molar-refractivity contribution is 4.92. The Labute approximate surface area is 106 Å². The van der Waals surface area contributed by atoms with Crippen LogP contribution in [0.2, 0.25) is 0 Å². The fourth-order valence-electron chi connectivity index (χ4n) is 1.81. The highest BCUT2D eigenvalue weighted by atomic mass is 15.4. The molecule has 1 rings (SSSR count). The molecule has 0 unspecified atom stereocenters. The van der Waals surface area contributed by atoms with Gasteiger partial charge in [0.15, 0.2) is 0 Å². The van der Waals surface area contributed by atoms with Gasteiger partial charge in [-0.25, -0.2) is 0 Å². The summed E-state index contributed by atoms with van der Waals surface area (Å²) in [5.41, 5.74) is 1.15. The third-order valence-electron chi connectivity index (χ3n) is 2.99. The van der Waals surface area contributed by atoms with E-state index in [1.165, 1.54) is 25.7 Å². The van der Waals surface area contributed by atoms with E-state index in [0.29, 0.717) is 0 Å². The van der Waals surface area contributed by atoms with Gasteiger partial charge >= 0.3 is 0 Å². The quantitative estimate of drug-likeness (QED) is 0.646.